The van der Waals surface area contributed by atoms with Crippen LogP contribution in [0.5, 0.6) is 0 Å². The second-order valence-electron chi connectivity index (χ2n) is 7.42. The van der Waals surface area contributed by atoms with Gasteiger partial charge >= 0.3 is 5.97 Å². The normalized spacial score (nSPS) is 11.7. The third-order valence-corrected chi connectivity index (χ3v) is 6.79. The molecule has 0 aliphatic carbocycles. The van der Waals surface area contributed by atoms with Crippen LogP contribution in [0, 0.1) is 20.8 Å². The van der Waals surface area contributed by atoms with Gasteiger partial charge in [-0.3, -0.25) is 4.79 Å². The van der Waals surface area contributed by atoms with Gasteiger partial charge in [0.25, 0.3) is 0 Å². The number of nitrogens with zero attached hydrogens (tertiary/aromatic N) is 1. The average Bonchev–Trinajstić information content (AvgIpc) is 2.64. The molecule has 156 valence electrons. The molecule has 0 unspecified atom stereocenters. The van der Waals surface area contributed by atoms with Gasteiger partial charge in [0, 0.05) is 18.7 Å². The summed E-state index contributed by atoms with van der Waals surface area (Å²) in [6.45, 7) is 8.74. The Morgan fingerprint density at radius 1 is 1.03 bits per heavy atom. The van der Waals surface area contributed by atoms with Gasteiger partial charge in [0.05, 0.1) is 10.5 Å². The molecule has 29 heavy (non-hydrogen) atoms. The van der Waals surface area contributed by atoms with E-state index < -0.39 is 22.6 Å². The van der Waals surface area contributed by atoms with Crippen molar-refractivity contribution in [3.05, 3.63) is 64.2 Å². The summed E-state index contributed by atoms with van der Waals surface area (Å²) in [5.41, 5.74) is 3.33. The van der Waals surface area contributed by atoms with Crippen molar-refractivity contribution in [2.75, 3.05) is 13.7 Å². The third kappa shape index (κ3) is 5.10. The molecule has 0 fully saturated rings. The van der Waals surface area contributed by atoms with Crippen LogP contribution in [0.2, 0.25) is 0 Å². The number of aryl methyl sites for hydroxylation is 3. The number of rotatable bonds is 7. The number of ether oxygens (including phenoxy) is 1. The highest BCUT2D eigenvalue weighted by Crippen LogP contribution is 2.20. The minimum atomic E-state index is -3.73. The molecule has 0 amide bonds. The lowest BCUT2D eigenvalue weighted by Crippen LogP contribution is -2.33. The maximum absolute atomic E-state index is 12.6. The highest BCUT2D eigenvalue weighted by atomic mass is 32.2. The Balaban J connectivity index is 2.18. The lowest BCUT2D eigenvalue weighted by molar-refractivity contribution is 0.0474. The van der Waals surface area contributed by atoms with Gasteiger partial charge in [-0.1, -0.05) is 23.8 Å². The second-order valence-corrected chi connectivity index (χ2v) is 9.41. The highest BCUT2D eigenvalue weighted by molar-refractivity contribution is 7.89. The quantitative estimate of drug-likeness (QED) is 0.507. The number of esters is 1. The average molecular weight is 418 g/mol. The zero-order chi connectivity index (χ0) is 21.9. The molecule has 0 aromatic heterocycles. The SMILES string of the molecule is Cc1cc(C)c(C(=O)COC(=O)c2cccc(S(=O)(=O)N(C)C(C)C)c2)c(C)c1. The molecule has 2 aromatic carbocycles. The zero-order valence-corrected chi connectivity index (χ0v) is 18.5. The van der Waals surface area contributed by atoms with Crippen molar-refractivity contribution in [3.8, 4) is 0 Å². The fourth-order valence-corrected chi connectivity index (χ4v) is 4.55. The summed E-state index contributed by atoms with van der Waals surface area (Å²) in [4.78, 5) is 24.9. The first-order valence-corrected chi connectivity index (χ1v) is 10.8. The fourth-order valence-electron chi connectivity index (χ4n) is 3.13. The van der Waals surface area contributed by atoms with Crippen molar-refractivity contribution >= 4 is 21.8 Å². The number of carbonyl (C=O) groups excluding carboxylic acids is 2. The first-order valence-electron chi connectivity index (χ1n) is 9.31. The summed E-state index contributed by atoms with van der Waals surface area (Å²) < 4.78 is 31.6. The Bertz CT molecular complexity index is 1020. The van der Waals surface area contributed by atoms with Crippen LogP contribution in [0.15, 0.2) is 41.3 Å². The molecule has 2 rings (SSSR count). The Morgan fingerprint density at radius 2 is 1.62 bits per heavy atom. The predicted molar refractivity (Wildman–Crippen MR) is 112 cm³/mol. The maximum atomic E-state index is 12.6. The van der Waals surface area contributed by atoms with Gasteiger partial charge in [-0.05, 0) is 63.9 Å². The van der Waals surface area contributed by atoms with E-state index in [2.05, 4.69) is 0 Å². The molecule has 7 heteroatoms. The number of benzene rings is 2. The molecule has 0 saturated heterocycles. The monoisotopic (exact) mass is 417 g/mol. The smallest absolute Gasteiger partial charge is 0.338 e. The number of carbonyl (C=O) groups is 2. The van der Waals surface area contributed by atoms with Crippen LogP contribution in [0.3, 0.4) is 0 Å². The van der Waals surface area contributed by atoms with Gasteiger partial charge in [0.15, 0.2) is 6.61 Å². The van der Waals surface area contributed by atoms with E-state index in [-0.39, 0.29) is 22.3 Å². The highest BCUT2D eigenvalue weighted by Gasteiger charge is 2.24. The summed E-state index contributed by atoms with van der Waals surface area (Å²) in [6, 6.07) is 9.22. The van der Waals surface area contributed by atoms with E-state index in [4.69, 9.17) is 4.74 Å². The Hall–Kier alpha value is -2.51. The first-order chi connectivity index (χ1) is 13.4. The van der Waals surface area contributed by atoms with Gasteiger partial charge in [0.2, 0.25) is 15.8 Å². The van der Waals surface area contributed by atoms with Crippen molar-refractivity contribution in [2.24, 2.45) is 0 Å². The van der Waals surface area contributed by atoms with Crippen molar-refractivity contribution in [3.63, 3.8) is 0 Å². The summed E-state index contributed by atoms with van der Waals surface area (Å²) in [5.74, 6) is -1.04. The van der Waals surface area contributed by atoms with E-state index in [1.165, 1.54) is 35.6 Å². The largest absolute Gasteiger partial charge is 0.454 e. The third-order valence-electron chi connectivity index (χ3n) is 4.76. The van der Waals surface area contributed by atoms with Crippen LogP contribution in [-0.4, -0.2) is 44.2 Å². The summed E-state index contributed by atoms with van der Waals surface area (Å²) in [5, 5.41) is 0. The molecule has 0 spiro atoms. The van der Waals surface area contributed by atoms with Gasteiger partial charge < -0.3 is 4.74 Å². The summed E-state index contributed by atoms with van der Waals surface area (Å²) >= 11 is 0. The first kappa shape index (κ1) is 22.8. The Morgan fingerprint density at radius 3 is 2.17 bits per heavy atom. The van der Waals surface area contributed by atoms with Gasteiger partial charge in [-0.25, -0.2) is 13.2 Å². The molecule has 6 nitrogen and oxygen atoms in total. The zero-order valence-electron chi connectivity index (χ0n) is 17.6. The van der Waals surface area contributed by atoms with E-state index in [0.29, 0.717) is 5.56 Å². The van der Waals surface area contributed by atoms with Crippen molar-refractivity contribution in [1.82, 2.24) is 4.31 Å². The van der Waals surface area contributed by atoms with Crippen LogP contribution in [0.1, 0.15) is 51.3 Å². The van der Waals surface area contributed by atoms with Gasteiger partial charge in [-0.2, -0.15) is 4.31 Å². The van der Waals surface area contributed by atoms with Crippen LogP contribution < -0.4 is 0 Å². The minimum Gasteiger partial charge on any atom is -0.454 e. The maximum Gasteiger partial charge on any atom is 0.338 e. The molecule has 0 aliphatic rings. The van der Waals surface area contributed by atoms with Crippen molar-refractivity contribution in [1.29, 1.82) is 0 Å². The van der Waals surface area contributed by atoms with E-state index >= 15 is 0 Å². The Labute approximate surface area is 172 Å². The van der Waals surface area contributed by atoms with E-state index in [1.54, 1.807) is 13.8 Å². The Kier molecular flexibility index (Phi) is 6.97. The van der Waals surface area contributed by atoms with Gasteiger partial charge in [-0.15, -0.1) is 0 Å². The van der Waals surface area contributed by atoms with Crippen molar-refractivity contribution in [2.45, 2.75) is 45.6 Å². The number of hydrogen-bond acceptors (Lipinski definition) is 5. The molecule has 0 atom stereocenters. The van der Waals surface area contributed by atoms with Crippen LogP contribution in [-0.2, 0) is 14.8 Å². The number of ketones is 1. The van der Waals surface area contributed by atoms with Crippen LogP contribution in [0.25, 0.3) is 0 Å². The van der Waals surface area contributed by atoms with Gasteiger partial charge in [0.1, 0.15) is 0 Å². The molecule has 0 heterocycles. The second kappa shape index (κ2) is 8.88. The van der Waals surface area contributed by atoms with E-state index in [0.717, 1.165) is 16.7 Å². The summed E-state index contributed by atoms with van der Waals surface area (Å²) in [7, 11) is -2.24. The molecule has 0 N–H and O–H groups in total. The topological polar surface area (TPSA) is 80.8 Å². The van der Waals surface area contributed by atoms with Crippen molar-refractivity contribution < 1.29 is 22.7 Å². The minimum absolute atomic E-state index is 0.000278. The lowest BCUT2D eigenvalue weighted by atomic mass is 9.97. The molecule has 2 aromatic rings. The number of hydrogen-bond donors (Lipinski definition) is 0. The predicted octanol–water partition coefficient (Wildman–Crippen LogP) is 3.68. The van der Waals surface area contributed by atoms with Crippen LogP contribution in [0.4, 0.5) is 0 Å². The number of Topliss-reactive ketones (excluding diaryl/α,β-unsaturated/α-hetero) is 1. The molecule has 0 bridgehead atoms. The fraction of sp³-hybridized carbons (Fsp3) is 0.364. The van der Waals surface area contributed by atoms with Crippen LogP contribution >= 0.6 is 0 Å². The molecule has 0 aliphatic heterocycles. The molecular weight excluding hydrogens is 390 g/mol. The molecular formula is C22H27NO5S. The molecule has 0 saturated carbocycles. The standard InChI is InChI=1S/C22H27NO5S/c1-14(2)23(6)29(26,27)19-9-7-8-18(12-19)22(25)28-13-20(24)21-16(4)10-15(3)11-17(21)5/h7-12,14H,13H2,1-6H3. The lowest BCUT2D eigenvalue weighted by Gasteiger charge is -2.21. The summed E-state index contributed by atoms with van der Waals surface area (Å²) in [6.07, 6.45) is 0. The van der Waals surface area contributed by atoms with E-state index in [9.17, 15) is 18.0 Å². The van der Waals surface area contributed by atoms with E-state index in [1.807, 2.05) is 32.9 Å². The molecule has 0 radical (unpaired) electrons. The number of sulfonamides is 1.